The normalized spacial score (nSPS) is 16.6. The number of aromatic nitrogens is 1. The number of fused-ring (bicyclic) bond motifs is 3. The number of para-hydroxylation sites is 2. The third-order valence-corrected chi connectivity index (χ3v) is 7.32. The Morgan fingerprint density at radius 3 is 2.41 bits per heavy atom. The number of nitrogens with zero attached hydrogens (tertiary/aromatic N) is 3. The summed E-state index contributed by atoms with van der Waals surface area (Å²) in [7, 11) is 0. The summed E-state index contributed by atoms with van der Waals surface area (Å²) in [6.07, 6.45) is 3.79. The Morgan fingerprint density at radius 1 is 0.941 bits per heavy atom. The molecule has 1 atom stereocenters. The summed E-state index contributed by atoms with van der Waals surface area (Å²) in [6.45, 7) is -0.00582. The molecule has 5 nitrogen and oxygen atoms in total. The van der Waals surface area contributed by atoms with Gasteiger partial charge in [0.1, 0.15) is 18.4 Å². The van der Waals surface area contributed by atoms with E-state index in [4.69, 9.17) is 0 Å². The van der Waals surface area contributed by atoms with E-state index in [0.717, 1.165) is 35.5 Å². The minimum Gasteiger partial charge on any atom is -0.326 e. The van der Waals surface area contributed by atoms with Gasteiger partial charge in [0.15, 0.2) is 0 Å². The van der Waals surface area contributed by atoms with Gasteiger partial charge in [-0.3, -0.25) is 14.5 Å². The maximum Gasteiger partial charge on any atom is 0.264 e. The summed E-state index contributed by atoms with van der Waals surface area (Å²) in [5.41, 5.74) is 3.40. The Balaban J connectivity index is 1.42. The highest BCUT2D eigenvalue weighted by molar-refractivity contribution is 7.12. The van der Waals surface area contributed by atoms with Crippen LogP contribution in [-0.4, -0.2) is 33.9 Å². The average molecular weight is 472 g/mol. The molecule has 0 bridgehead atoms. The number of halogens is 1. The van der Waals surface area contributed by atoms with E-state index in [0.29, 0.717) is 4.88 Å². The SMILES string of the molecule is O=C(c1cccs1)N(CC(=O)N1c2ccccc2-n2cccc2C1c1ccc(F)cc1)C1CC1. The number of thiophene rings is 1. The highest BCUT2D eigenvalue weighted by atomic mass is 32.1. The standard InChI is InChI=1S/C27H22FN3O2S/c28-19-11-9-18(10-12-19)26-23-7-3-15-29(23)21-5-1-2-6-22(21)31(26)25(32)17-30(20-13-14-20)27(33)24-8-4-16-34-24/h1-12,15-16,20,26H,13-14,17H2. The number of rotatable bonds is 5. The van der Waals surface area contributed by atoms with Crippen LogP contribution in [0.4, 0.5) is 10.1 Å². The lowest BCUT2D eigenvalue weighted by molar-refractivity contribution is -0.119. The van der Waals surface area contributed by atoms with E-state index in [-0.39, 0.29) is 30.2 Å². The van der Waals surface area contributed by atoms with Crippen LogP contribution in [0.25, 0.3) is 5.69 Å². The van der Waals surface area contributed by atoms with Crippen LogP contribution in [0.2, 0.25) is 0 Å². The van der Waals surface area contributed by atoms with Crippen molar-refractivity contribution < 1.29 is 14.0 Å². The molecule has 2 aliphatic rings. The summed E-state index contributed by atoms with van der Waals surface area (Å²) in [5.74, 6) is -0.585. The topological polar surface area (TPSA) is 45.6 Å². The van der Waals surface area contributed by atoms with Gasteiger partial charge in [0.05, 0.1) is 21.9 Å². The summed E-state index contributed by atoms with van der Waals surface area (Å²) in [6, 6.07) is 21.3. The van der Waals surface area contributed by atoms with Gasteiger partial charge in [0, 0.05) is 12.2 Å². The van der Waals surface area contributed by atoms with Crippen molar-refractivity contribution in [1.29, 1.82) is 0 Å². The number of hydrogen-bond acceptors (Lipinski definition) is 3. The molecule has 1 saturated carbocycles. The maximum absolute atomic E-state index is 14.0. The highest BCUT2D eigenvalue weighted by Gasteiger charge is 2.40. The van der Waals surface area contributed by atoms with Crippen molar-refractivity contribution in [2.24, 2.45) is 0 Å². The van der Waals surface area contributed by atoms with Gasteiger partial charge in [-0.05, 0) is 66.2 Å². The molecule has 2 aromatic carbocycles. The molecular formula is C27H22FN3O2S. The molecule has 1 aliphatic carbocycles. The van der Waals surface area contributed by atoms with E-state index in [9.17, 15) is 14.0 Å². The zero-order valence-corrected chi connectivity index (χ0v) is 19.1. The molecule has 1 unspecified atom stereocenters. The molecule has 4 aromatic rings. The molecular weight excluding hydrogens is 449 g/mol. The summed E-state index contributed by atoms with van der Waals surface area (Å²) in [5, 5.41) is 1.87. The number of amides is 2. The van der Waals surface area contributed by atoms with Crippen molar-refractivity contribution in [3.63, 3.8) is 0 Å². The largest absolute Gasteiger partial charge is 0.326 e. The quantitative estimate of drug-likeness (QED) is 0.390. The fraction of sp³-hybridized carbons (Fsp3) is 0.185. The average Bonchev–Trinajstić information content (AvgIpc) is 3.32. The van der Waals surface area contributed by atoms with Crippen molar-refractivity contribution in [1.82, 2.24) is 9.47 Å². The molecule has 1 aliphatic heterocycles. The predicted molar refractivity (Wildman–Crippen MR) is 130 cm³/mol. The van der Waals surface area contributed by atoms with Gasteiger partial charge in [-0.2, -0.15) is 0 Å². The second kappa shape index (κ2) is 8.25. The number of anilines is 1. The lowest BCUT2D eigenvalue weighted by Crippen LogP contribution is -2.47. The third kappa shape index (κ3) is 3.53. The molecule has 7 heteroatoms. The summed E-state index contributed by atoms with van der Waals surface area (Å²) < 4.78 is 15.8. The van der Waals surface area contributed by atoms with Crippen molar-refractivity contribution >= 4 is 28.8 Å². The molecule has 2 aromatic heterocycles. The van der Waals surface area contributed by atoms with Crippen LogP contribution in [0.5, 0.6) is 0 Å². The van der Waals surface area contributed by atoms with Crippen LogP contribution < -0.4 is 4.90 Å². The fourth-order valence-electron chi connectivity index (χ4n) is 4.74. The zero-order valence-electron chi connectivity index (χ0n) is 18.3. The first-order valence-corrected chi connectivity index (χ1v) is 12.2. The van der Waals surface area contributed by atoms with Gasteiger partial charge in [-0.1, -0.05) is 30.3 Å². The monoisotopic (exact) mass is 471 g/mol. The van der Waals surface area contributed by atoms with Crippen LogP contribution in [0.1, 0.15) is 39.8 Å². The maximum atomic E-state index is 14.0. The van der Waals surface area contributed by atoms with Crippen LogP contribution in [-0.2, 0) is 4.79 Å². The second-order valence-electron chi connectivity index (χ2n) is 8.65. The molecule has 0 spiro atoms. The first kappa shape index (κ1) is 20.9. The minimum absolute atomic E-state index is 0.00582. The van der Waals surface area contributed by atoms with Crippen molar-refractivity contribution in [2.45, 2.75) is 24.9 Å². The number of carbonyl (C=O) groups is 2. The molecule has 34 heavy (non-hydrogen) atoms. The lowest BCUT2D eigenvalue weighted by Gasteiger charge is -2.39. The Morgan fingerprint density at radius 2 is 1.71 bits per heavy atom. The van der Waals surface area contributed by atoms with Crippen LogP contribution in [0.15, 0.2) is 84.4 Å². The van der Waals surface area contributed by atoms with Gasteiger partial charge in [-0.15, -0.1) is 11.3 Å². The van der Waals surface area contributed by atoms with E-state index >= 15 is 0 Å². The number of carbonyl (C=O) groups excluding carboxylic acids is 2. The first-order chi connectivity index (χ1) is 16.6. The van der Waals surface area contributed by atoms with E-state index < -0.39 is 6.04 Å². The van der Waals surface area contributed by atoms with Gasteiger partial charge < -0.3 is 9.47 Å². The Labute approximate surface area is 200 Å². The second-order valence-corrected chi connectivity index (χ2v) is 9.60. The highest BCUT2D eigenvalue weighted by Crippen LogP contribution is 2.42. The lowest BCUT2D eigenvalue weighted by atomic mass is 9.97. The molecule has 6 rings (SSSR count). The van der Waals surface area contributed by atoms with E-state index in [1.807, 2.05) is 54.0 Å². The van der Waals surface area contributed by atoms with E-state index in [1.54, 1.807) is 28.0 Å². The Bertz CT molecular complexity index is 1360. The number of benzene rings is 2. The zero-order chi connectivity index (χ0) is 23.2. The van der Waals surface area contributed by atoms with Gasteiger partial charge >= 0.3 is 0 Å². The predicted octanol–water partition coefficient (Wildman–Crippen LogP) is 5.42. The van der Waals surface area contributed by atoms with E-state index in [2.05, 4.69) is 4.57 Å². The number of hydrogen-bond donors (Lipinski definition) is 0. The van der Waals surface area contributed by atoms with Crippen LogP contribution in [0.3, 0.4) is 0 Å². The van der Waals surface area contributed by atoms with Crippen LogP contribution >= 0.6 is 11.3 Å². The summed E-state index contributed by atoms with van der Waals surface area (Å²) >= 11 is 1.39. The van der Waals surface area contributed by atoms with Crippen LogP contribution in [0, 0.1) is 5.82 Å². The molecule has 2 amide bonds. The van der Waals surface area contributed by atoms with E-state index in [1.165, 1.54) is 23.5 Å². The van der Waals surface area contributed by atoms with Crippen molar-refractivity contribution in [3.8, 4) is 5.69 Å². The molecule has 0 N–H and O–H groups in total. The third-order valence-electron chi connectivity index (χ3n) is 6.46. The van der Waals surface area contributed by atoms with Crippen molar-refractivity contribution in [2.75, 3.05) is 11.4 Å². The Kier molecular flexibility index (Phi) is 5.07. The fourth-order valence-corrected chi connectivity index (χ4v) is 5.42. The molecule has 170 valence electrons. The van der Waals surface area contributed by atoms with Crippen molar-refractivity contribution in [3.05, 3.63) is 106 Å². The minimum atomic E-state index is -0.434. The van der Waals surface area contributed by atoms with Gasteiger partial charge in [0.2, 0.25) is 5.91 Å². The molecule has 1 fully saturated rings. The molecule has 0 radical (unpaired) electrons. The van der Waals surface area contributed by atoms with Gasteiger partial charge in [-0.25, -0.2) is 4.39 Å². The molecule has 3 heterocycles. The Hall–Kier alpha value is -3.71. The smallest absolute Gasteiger partial charge is 0.264 e. The summed E-state index contributed by atoms with van der Waals surface area (Å²) in [4.78, 5) is 31.4. The first-order valence-electron chi connectivity index (χ1n) is 11.3. The van der Waals surface area contributed by atoms with Gasteiger partial charge in [0.25, 0.3) is 5.91 Å². The molecule has 0 saturated heterocycles.